The van der Waals surface area contributed by atoms with Crippen LogP contribution in [0.15, 0.2) is 53.7 Å². The van der Waals surface area contributed by atoms with Crippen molar-refractivity contribution in [3.8, 4) is 0 Å². The van der Waals surface area contributed by atoms with Crippen molar-refractivity contribution in [1.29, 1.82) is 0 Å². The van der Waals surface area contributed by atoms with E-state index in [2.05, 4.69) is 34.0 Å². The lowest BCUT2D eigenvalue weighted by molar-refractivity contribution is -0.127. The first-order valence-corrected chi connectivity index (χ1v) is 10.6. The number of benzodiazepines with no additional fused rings is 1. The number of hydrogen-bond donors (Lipinski definition) is 2. The van der Waals surface area contributed by atoms with Crippen molar-refractivity contribution < 1.29 is 9.59 Å². The lowest BCUT2D eigenvalue weighted by atomic mass is 10.0. The van der Waals surface area contributed by atoms with Crippen LogP contribution in [0.2, 0.25) is 0 Å². The van der Waals surface area contributed by atoms with Gasteiger partial charge in [-0.1, -0.05) is 38.1 Å². The van der Waals surface area contributed by atoms with Gasteiger partial charge in [-0.2, -0.15) is 0 Å². The minimum Gasteiger partial charge on any atom is -0.325 e. The number of anilines is 1. The standard InChI is InChI=1S/C23H30N6O2/c1-4-28(5-2)14-15-29-19-12-7-6-10-17(19)20(18-11-8-9-13-25-18)26-21(23(29)31)27-22(30)16(3)24/h6-13,16,21H,4-5,14-15,24H2,1-3H3,(H,27,30)/t16-,21?/m0/s1. The predicted octanol–water partition coefficient (Wildman–Crippen LogP) is 1.40. The molecule has 31 heavy (non-hydrogen) atoms. The van der Waals surface area contributed by atoms with Gasteiger partial charge in [-0.25, -0.2) is 4.99 Å². The Hall–Kier alpha value is -3.10. The molecule has 0 radical (unpaired) electrons. The fraction of sp³-hybridized carbons (Fsp3) is 0.391. The molecule has 1 unspecified atom stereocenters. The molecule has 1 aliphatic heterocycles. The van der Waals surface area contributed by atoms with Gasteiger partial charge >= 0.3 is 0 Å². The molecule has 1 aliphatic rings. The predicted molar refractivity (Wildman–Crippen MR) is 122 cm³/mol. The molecule has 0 bridgehead atoms. The van der Waals surface area contributed by atoms with Gasteiger partial charge in [0, 0.05) is 24.8 Å². The molecular weight excluding hydrogens is 392 g/mol. The molecule has 2 aromatic rings. The van der Waals surface area contributed by atoms with Gasteiger partial charge in [0.25, 0.3) is 5.91 Å². The van der Waals surface area contributed by atoms with Gasteiger partial charge in [0.05, 0.1) is 23.1 Å². The fourth-order valence-electron chi connectivity index (χ4n) is 3.51. The van der Waals surface area contributed by atoms with E-state index in [9.17, 15) is 9.59 Å². The summed E-state index contributed by atoms with van der Waals surface area (Å²) in [6, 6.07) is 12.4. The summed E-state index contributed by atoms with van der Waals surface area (Å²) in [5.74, 6) is -0.725. The van der Waals surface area contributed by atoms with Gasteiger partial charge in [-0.15, -0.1) is 0 Å². The Morgan fingerprint density at radius 1 is 1.19 bits per heavy atom. The molecule has 3 rings (SSSR count). The van der Waals surface area contributed by atoms with E-state index in [1.165, 1.54) is 0 Å². The number of nitrogens with one attached hydrogen (secondary N) is 1. The van der Waals surface area contributed by atoms with Crippen molar-refractivity contribution in [3.05, 3.63) is 59.9 Å². The van der Waals surface area contributed by atoms with Crippen LogP contribution in [-0.2, 0) is 9.59 Å². The largest absolute Gasteiger partial charge is 0.325 e. The molecule has 0 saturated carbocycles. The number of amides is 2. The average Bonchev–Trinajstić information content (AvgIpc) is 2.90. The Morgan fingerprint density at radius 2 is 1.90 bits per heavy atom. The average molecular weight is 423 g/mol. The number of carbonyl (C=O) groups is 2. The van der Waals surface area contributed by atoms with Crippen LogP contribution in [0.3, 0.4) is 0 Å². The van der Waals surface area contributed by atoms with Gasteiger partial charge in [-0.05, 0) is 38.2 Å². The van der Waals surface area contributed by atoms with Gasteiger partial charge < -0.3 is 20.9 Å². The van der Waals surface area contributed by atoms with Gasteiger partial charge in [-0.3, -0.25) is 14.6 Å². The molecule has 0 fully saturated rings. The summed E-state index contributed by atoms with van der Waals surface area (Å²) in [5, 5.41) is 2.70. The van der Waals surface area contributed by atoms with E-state index in [4.69, 9.17) is 5.73 Å². The normalized spacial score (nSPS) is 17.1. The van der Waals surface area contributed by atoms with Crippen LogP contribution in [0.25, 0.3) is 0 Å². The van der Waals surface area contributed by atoms with Crippen LogP contribution in [-0.4, -0.2) is 65.8 Å². The maximum Gasteiger partial charge on any atom is 0.272 e. The van der Waals surface area contributed by atoms with Crippen LogP contribution in [0, 0.1) is 0 Å². The summed E-state index contributed by atoms with van der Waals surface area (Å²) in [7, 11) is 0. The molecule has 0 aliphatic carbocycles. The molecule has 1 aromatic carbocycles. The Morgan fingerprint density at radius 3 is 2.55 bits per heavy atom. The molecule has 1 aromatic heterocycles. The maximum absolute atomic E-state index is 13.6. The molecule has 8 nitrogen and oxygen atoms in total. The van der Waals surface area contributed by atoms with E-state index in [1.807, 2.05) is 42.5 Å². The van der Waals surface area contributed by atoms with E-state index in [1.54, 1.807) is 18.0 Å². The number of hydrogen-bond acceptors (Lipinski definition) is 6. The highest BCUT2D eigenvalue weighted by Gasteiger charge is 2.33. The lowest BCUT2D eigenvalue weighted by Crippen LogP contribution is -2.52. The van der Waals surface area contributed by atoms with Gasteiger partial charge in [0.15, 0.2) is 0 Å². The second kappa shape index (κ2) is 10.3. The van der Waals surface area contributed by atoms with E-state index in [0.29, 0.717) is 24.5 Å². The van der Waals surface area contributed by atoms with Crippen LogP contribution < -0.4 is 16.0 Å². The first kappa shape index (κ1) is 22.6. The topological polar surface area (TPSA) is 104 Å². The van der Waals surface area contributed by atoms with Gasteiger partial charge in [0.1, 0.15) is 0 Å². The van der Waals surface area contributed by atoms with E-state index in [-0.39, 0.29) is 5.91 Å². The number of aromatic nitrogens is 1. The first-order chi connectivity index (χ1) is 15.0. The summed E-state index contributed by atoms with van der Waals surface area (Å²) < 4.78 is 0. The monoisotopic (exact) mass is 422 g/mol. The smallest absolute Gasteiger partial charge is 0.272 e. The van der Waals surface area contributed by atoms with E-state index >= 15 is 0 Å². The third-order valence-corrected chi connectivity index (χ3v) is 5.34. The van der Waals surface area contributed by atoms with Crippen LogP contribution in [0.4, 0.5) is 5.69 Å². The SMILES string of the molecule is CCN(CC)CCN1C(=O)C(NC(=O)[C@H](C)N)N=C(c2ccccn2)c2ccccc21. The summed E-state index contributed by atoms with van der Waals surface area (Å²) in [6.07, 6.45) is 0.598. The third-order valence-electron chi connectivity index (χ3n) is 5.34. The van der Waals surface area contributed by atoms with Gasteiger partial charge in [0.2, 0.25) is 12.1 Å². The number of carbonyl (C=O) groups excluding carboxylic acids is 2. The Bertz CT molecular complexity index is 940. The van der Waals surface area contributed by atoms with Crippen molar-refractivity contribution in [2.75, 3.05) is 31.1 Å². The Kier molecular flexibility index (Phi) is 7.49. The molecule has 8 heteroatoms. The fourth-order valence-corrected chi connectivity index (χ4v) is 3.51. The summed E-state index contributed by atoms with van der Waals surface area (Å²) >= 11 is 0. The number of fused-ring (bicyclic) bond motifs is 1. The zero-order valence-electron chi connectivity index (χ0n) is 18.3. The summed E-state index contributed by atoms with van der Waals surface area (Å²) in [6.45, 7) is 8.73. The number of nitrogens with zero attached hydrogens (tertiary/aromatic N) is 4. The zero-order valence-corrected chi connectivity index (χ0v) is 18.3. The Balaban J connectivity index is 2.08. The maximum atomic E-state index is 13.6. The second-order valence-corrected chi connectivity index (χ2v) is 7.43. The zero-order chi connectivity index (χ0) is 22.4. The molecular formula is C23H30N6O2. The highest BCUT2D eigenvalue weighted by Crippen LogP contribution is 2.27. The molecule has 164 valence electrons. The number of pyridine rings is 1. The highest BCUT2D eigenvalue weighted by molar-refractivity contribution is 6.19. The van der Waals surface area contributed by atoms with E-state index in [0.717, 1.165) is 24.3 Å². The first-order valence-electron chi connectivity index (χ1n) is 10.6. The molecule has 2 atom stereocenters. The summed E-state index contributed by atoms with van der Waals surface area (Å²) in [5.41, 5.74) is 8.47. The van der Waals surface area contributed by atoms with Crippen molar-refractivity contribution >= 4 is 23.2 Å². The van der Waals surface area contributed by atoms with Crippen molar-refractivity contribution in [2.24, 2.45) is 10.7 Å². The minimum absolute atomic E-state index is 0.292. The lowest BCUT2D eigenvalue weighted by Gasteiger charge is -2.28. The number of aliphatic imine (C=N–C) groups is 1. The number of likely N-dealkylation sites (N-methyl/N-ethyl adjacent to an activating group) is 1. The second-order valence-electron chi connectivity index (χ2n) is 7.43. The van der Waals surface area contributed by atoms with Crippen molar-refractivity contribution in [3.63, 3.8) is 0 Å². The molecule has 3 N–H and O–H groups in total. The van der Waals surface area contributed by atoms with Crippen molar-refractivity contribution in [2.45, 2.75) is 33.0 Å². The molecule has 0 spiro atoms. The third kappa shape index (κ3) is 5.15. The quantitative estimate of drug-likeness (QED) is 0.669. The Labute approximate surface area is 183 Å². The number of benzene rings is 1. The number of para-hydroxylation sites is 1. The van der Waals surface area contributed by atoms with Crippen LogP contribution in [0.5, 0.6) is 0 Å². The number of nitrogens with two attached hydrogens (primary N) is 1. The van der Waals surface area contributed by atoms with E-state index < -0.39 is 18.1 Å². The van der Waals surface area contributed by atoms with Crippen molar-refractivity contribution in [1.82, 2.24) is 15.2 Å². The molecule has 2 amide bonds. The molecule has 2 heterocycles. The van der Waals surface area contributed by atoms with Crippen LogP contribution in [0.1, 0.15) is 32.0 Å². The van der Waals surface area contributed by atoms with Crippen LogP contribution >= 0.6 is 0 Å². The minimum atomic E-state index is -1.08. The molecule has 0 saturated heterocycles. The number of rotatable bonds is 8. The summed E-state index contributed by atoms with van der Waals surface area (Å²) in [4.78, 5) is 39.0. The highest BCUT2D eigenvalue weighted by atomic mass is 16.2.